The van der Waals surface area contributed by atoms with Crippen molar-refractivity contribution >= 4 is 21.2 Å². The van der Waals surface area contributed by atoms with Gasteiger partial charge in [0.2, 0.25) is 0 Å². The smallest absolute Gasteiger partial charge is 0.152 e. The number of para-hydroxylation sites is 1. The van der Waals surface area contributed by atoms with Crippen molar-refractivity contribution < 1.29 is 8.42 Å². The summed E-state index contributed by atoms with van der Waals surface area (Å²) in [6.07, 6.45) is 6.44. The zero-order valence-electron chi connectivity index (χ0n) is 12.2. The molecule has 3 rings (SSSR count). The average Bonchev–Trinajstić information content (AvgIpc) is 2.87. The Morgan fingerprint density at radius 2 is 1.76 bits per heavy atom. The summed E-state index contributed by atoms with van der Waals surface area (Å²) in [5.74, 6) is 0.504. The highest BCUT2D eigenvalue weighted by Gasteiger charge is 2.33. The molecule has 21 heavy (non-hydrogen) atoms. The molecule has 0 aromatic heterocycles. The molecule has 2 fully saturated rings. The van der Waals surface area contributed by atoms with E-state index in [1.807, 2.05) is 35.3 Å². The summed E-state index contributed by atoms with van der Waals surface area (Å²) in [4.78, 5) is 0. The molecular weight excluding hydrogens is 284 g/mol. The van der Waals surface area contributed by atoms with Crippen molar-refractivity contribution in [2.45, 2.75) is 44.6 Å². The van der Waals surface area contributed by atoms with Crippen LogP contribution in [0.4, 0.5) is 5.69 Å². The van der Waals surface area contributed by atoms with E-state index in [-0.39, 0.29) is 17.5 Å². The predicted molar refractivity (Wildman–Crippen MR) is 86.5 cm³/mol. The maximum Gasteiger partial charge on any atom is 0.152 e. The van der Waals surface area contributed by atoms with Crippen LogP contribution in [0.2, 0.25) is 0 Å². The Bertz CT molecular complexity index is 602. The molecule has 114 valence electrons. The van der Waals surface area contributed by atoms with Crippen molar-refractivity contribution in [2.75, 3.05) is 16.5 Å². The third kappa shape index (κ3) is 3.64. The minimum Gasteiger partial charge on any atom is -0.261 e. The highest BCUT2D eigenvalue weighted by atomic mass is 32.2. The van der Waals surface area contributed by atoms with Crippen molar-refractivity contribution in [3.8, 4) is 0 Å². The molecule has 1 atom stereocenters. The number of rotatable bonds is 3. The fourth-order valence-corrected chi connectivity index (χ4v) is 4.80. The van der Waals surface area contributed by atoms with E-state index >= 15 is 0 Å². The number of nitrogens with zero attached hydrogens (tertiary/aromatic N) is 2. The highest BCUT2D eigenvalue weighted by Crippen LogP contribution is 2.26. The van der Waals surface area contributed by atoms with Crippen LogP contribution >= 0.6 is 0 Å². The molecule has 1 saturated heterocycles. The van der Waals surface area contributed by atoms with Crippen LogP contribution in [0.1, 0.15) is 38.5 Å². The van der Waals surface area contributed by atoms with E-state index in [4.69, 9.17) is 5.10 Å². The molecule has 1 saturated carbocycles. The number of benzene rings is 1. The Labute approximate surface area is 126 Å². The topological polar surface area (TPSA) is 49.7 Å². The summed E-state index contributed by atoms with van der Waals surface area (Å²) in [5, 5.41) is 6.80. The Morgan fingerprint density at radius 1 is 1.05 bits per heavy atom. The van der Waals surface area contributed by atoms with Crippen LogP contribution in [0.15, 0.2) is 35.4 Å². The maximum absolute atomic E-state index is 11.8. The zero-order valence-corrected chi connectivity index (χ0v) is 13.1. The number of hydrazone groups is 1. The average molecular weight is 306 g/mol. The second-order valence-electron chi connectivity index (χ2n) is 5.96. The first-order valence-corrected chi connectivity index (χ1v) is 9.57. The minimum absolute atomic E-state index is 0.0215. The van der Waals surface area contributed by atoms with Gasteiger partial charge in [0, 0.05) is 5.71 Å². The van der Waals surface area contributed by atoms with Gasteiger partial charge in [-0.25, -0.2) is 8.42 Å². The van der Waals surface area contributed by atoms with E-state index in [2.05, 4.69) is 0 Å². The monoisotopic (exact) mass is 306 g/mol. The van der Waals surface area contributed by atoms with Crippen molar-refractivity contribution in [3.05, 3.63) is 30.3 Å². The summed E-state index contributed by atoms with van der Waals surface area (Å²) < 4.78 is 23.6. The number of hydrogen-bond donors (Lipinski definition) is 0. The van der Waals surface area contributed by atoms with Crippen molar-refractivity contribution in [2.24, 2.45) is 5.10 Å². The van der Waals surface area contributed by atoms with E-state index in [0.717, 1.165) is 18.5 Å². The fourth-order valence-electron chi connectivity index (χ4n) is 3.11. The second kappa shape index (κ2) is 6.18. The van der Waals surface area contributed by atoms with Gasteiger partial charge in [0.25, 0.3) is 0 Å². The van der Waals surface area contributed by atoms with Crippen LogP contribution in [-0.2, 0) is 9.84 Å². The van der Waals surface area contributed by atoms with Gasteiger partial charge in [-0.05, 0) is 44.2 Å². The molecule has 1 heterocycles. The summed E-state index contributed by atoms with van der Waals surface area (Å²) >= 11 is 0. The summed E-state index contributed by atoms with van der Waals surface area (Å²) in [7, 11) is -2.90. The lowest BCUT2D eigenvalue weighted by Gasteiger charge is -2.27. The predicted octanol–water partition coefficient (Wildman–Crippen LogP) is 3.00. The molecule has 2 aliphatic rings. The Hall–Kier alpha value is -1.36. The Morgan fingerprint density at radius 3 is 2.38 bits per heavy atom. The summed E-state index contributed by atoms with van der Waals surface area (Å²) in [5.41, 5.74) is 2.21. The normalized spacial score (nSPS) is 24.8. The maximum atomic E-state index is 11.8. The highest BCUT2D eigenvalue weighted by molar-refractivity contribution is 7.91. The molecule has 0 radical (unpaired) electrons. The van der Waals surface area contributed by atoms with E-state index < -0.39 is 9.84 Å². The summed E-state index contributed by atoms with van der Waals surface area (Å²) in [6, 6.07) is 9.93. The first-order valence-electron chi connectivity index (χ1n) is 7.75. The van der Waals surface area contributed by atoms with Gasteiger partial charge in [-0.2, -0.15) is 5.10 Å². The van der Waals surface area contributed by atoms with E-state index in [1.165, 1.54) is 25.0 Å². The summed E-state index contributed by atoms with van der Waals surface area (Å²) in [6.45, 7) is 0. The van der Waals surface area contributed by atoms with E-state index in [0.29, 0.717) is 6.42 Å². The molecule has 0 N–H and O–H groups in total. The molecular formula is C16H22N2O2S. The van der Waals surface area contributed by atoms with Gasteiger partial charge in [0.05, 0.1) is 23.2 Å². The van der Waals surface area contributed by atoms with Gasteiger partial charge < -0.3 is 0 Å². The largest absolute Gasteiger partial charge is 0.261 e. The van der Waals surface area contributed by atoms with Crippen LogP contribution in [0.3, 0.4) is 0 Å². The van der Waals surface area contributed by atoms with Crippen LogP contribution in [0, 0.1) is 0 Å². The molecule has 5 heteroatoms. The van der Waals surface area contributed by atoms with Crippen LogP contribution < -0.4 is 5.01 Å². The van der Waals surface area contributed by atoms with Gasteiger partial charge in [-0.3, -0.25) is 5.01 Å². The van der Waals surface area contributed by atoms with Crippen molar-refractivity contribution in [1.82, 2.24) is 0 Å². The lowest BCUT2D eigenvalue weighted by molar-refractivity contribution is 0.599. The fraction of sp³-hybridized carbons (Fsp3) is 0.562. The third-order valence-electron chi connectivity index (χ3n) is 4.25. The molecule has 1 aliphatic heterocycles. The van der Waals surface area contributed by atoms with Crippen LogP contribution in [0.25, 0.3) is 0 Å². The van der Waals surface area contributed by atoms with Gasteiger partial charge in [-0.1, -0.05) is 24.6 Å². The molecule has 1 aromatic carbocycles. The first kappa shape index (κ1) is 14.6. The van der Waals surface area contributed by atoms with Crippen molar-refractivity contribution in [3.63, 3.8) is 0 Å². The van der Waals surface area contributed by atoms with Crippen molar-refractivity contribution in [1.29, 1.82) is 0 Å². The van der Waals surface area contributed by atoms with E-state index in [1.54, 1.807) is 0 Å². The number of anilines is 1. The quantitative estimate of drug-likeness (QED) is 0.807. The van der Waals surface area contributed by atoms with Gasteiger partial charge in [0.15, 0.2) is 9.84 Å². The molecule has 0 amide bonds. The number of hydrogen-bond acceptors (Lipinski definition) is 4. The lowest BCUT2D eigenvalue weighted by Crippen LogP contribution is -2.33. The van der Waals surface area contributed by atoms with Crippen LogP contribution in [0.5, 0.6) is 0 Å². The molecule has 0 spiro atoms. The molecule has 4 nitrogen and oxygen atoms in total. The van der Waals surface area contributed by atoms with E-state index in [9.17, 15) is 8.42 Å². The standard InChI is InChI=1S/C16H22N2O2S/c19-21(20)12-11-16(13-21)18(15-9-5-2-6-10-15)17-14-7-3-1-4-8-14/h2,5-6,9-10,16H,1,3-4,7-8,11-13H2/t16-/m0/s1. The first-order chi connectivity index (χ1) is 10.1. The Kier molecular flexibility index (Phi) is 4.29. The second-order valence-corrected chi connectivity index (χ2v) is 8.19. The molecule has 0 unspecified atom stereocenters. The van der Waals surface area contributed by atoms with Crippen LogP contribution in [-0.4, -0.2) is 31.7 Å². The van der Waals surface area contributed by atoms with Gasteiger partial charge >= 0.3 is 0 Å². The molecule has 1 aromatic rings. The molecule has 1 aliphatic carbocycles. The number of sulfone groups is 1. The molecule has 0 bridgehead atoms. The van der Waals surface area contributed by atoms with Gasteiger partial charge in [-0.15, -0.1) is 0 Å². The lowest BCUT2D eigenvalue weighted by atomic mass is 9.99. The minimum atomic E-state index is -2.90. The SMILES string of the molecule is O=S1(=O)CC[C@H](N(N=C2CCCCC2)c2ccccc2)C1. The van der Waals surface area contributed by atoms with Gasteiger partial charge in [0.1, 0.15) is 0 Å². The zero-order chi connectivity index (χ0) is 14.7. The Balaban J connectivity index is 1.88. The third-order valence-corrected chi connectivity index (χ3v) is 6.01.